The molecule has 9 rings (SSSR count). The van der Waals surface area contributed by atoms with Crippen molar-refractivity contribution in [3.05, 3.63) is 171 Å². The molecule has 384 valence electrons. The monoisotopic (exact) mass is 1090 g/mol. The fraction of sp³-hybridized carbons (Fsp3) is 0.265. The molecule has 5 N–H and O–H groups in total. The quantitative estimate of drug-likeness (QED) is 0.0756. The van der Waals surface area contributed by atoms with Crippen molar-refractivity contribution in [1.82, 2.24) is 50.5 Å². The third-order valence-electron chi connectivity index (χ3n) is 10.2. The summed E-state index contributed by atoms with van der Waals surface area (Å²) in [5.41, 5.74) is 7.49. The maximum Gasteiger partial charge on any atom is 0.418 e. The van der Waals surface area contributed by atoms with E-state index in [1.54, 1.807) is 66.1 Å². The number of carbonyl (C=O) groups is 2. The molecule has 24 heteroatoms. The van der Waals surface area contributed by atoms with E-state index in [-0.39, 0.29) is 48.8 Å². The molecule has 0 fully saturated rings. The number of hydrogen-bond acceptors (Lipinski definition) is 16. The van der Waals surface area contributed by atoms with Crippen LogP contribution in [0.15, 0.2) is 113 Å². The molecule has 3 amide bonds. The molecular formula is C49H51Cl5N12O7. The third kappa shape index (κ3) is 18.5. The molecule has 73 heavy (non-hydrogen) atoms. The minimum Gasteiger partial charge on any atom is -0.422 e. The number of carbonyl (C=O) groups excluding carboxylic acids is 2. The minimum absolute atomic E-state index is 0. The van der Waals surface area contributed by atoms with Gasteiger partial charge in [-0.15, -0.1) is 56.0 Å². The Morgan fingerprint density at radius 3 is 1.66 bits per heavy atom. The van der Waals surface area contributed by atoms with Gasteiger partial charge in [-0.1, -0.05) is 65.7 Å². The Morgan fingerprint density at radius 2 is 1.22 bits per heavy atom. The summed E-state index contributed by atoms with van der Waals surface area (Å²) in [6, 6.07) is 19.6. The van der Waals surface area contributed by atoms with Crippen LogP contribution in [0, 0.1) is 13.8 Å². The van der Waals surface area contributed by atoms with Crippen LogP contribution in [-0.4, -0.2) is 99.1 Å². The van der Waals surface area contributed by atoms with E-state index < -0.39 is 6.09 Å². The number of nitrogens with one attached hydrogen (secondary N) is 3. The molecule has 0 radical (unpaired) electrons. The largest absolute Gasteiger partial charge is 0.422 e. The van der Waals surface area contributed by atoms with Crippen LogP contribution in [-0.2, 0) is 26.1 Å². The van der Waals surface area contributed by atoms with Crippen molar-refractivity contribution in [2.45, 2.75) is 52.7 Å². The Morgan fingerprint density at radius 1 is 0.699 bits per heavy atom. The number of aliphatic hydroxyl groups excluding tert-OH is 2. The van der Waals surface area contributed by atoms with Crippen molar-refractivity contribution in [2.24, 2.45) is 0 Å². The maximum absolute atomic E-state index is 12.5. The summed E-state index contributed by atoms with van der Waals surface area (Å²) in [4.78, 5) is 42.9. The van der Waals surface area contributed by atoms with E-state index in [0.29, 0.717) is 77.3 Å². The van der Waals surface area contributed by atoms with E-state index in [0.717, 1.165) is 53.0 Å². The smallest absolute Gasteiger partial charge is 0.418 e. The highest BCUT2D eigenvalue weighted by Gasteiger charge is 2.21. The zero-order valence-electron chi connectivity index (χ0n) is 39.5. The number of nitrogens with zero attached hydrogens (tertiary/aromatic N) is 9. The number of anilines is 2. The number of aromatic nitrogens is 8. The SMILES string of the molecule is Cc1ccc(NC(=O)N2CC=C(c3ncc(Cc4nnc(CO)o4)cc3Cl)CC2)nc1.Cc1ccc(NC(=O)Oc2ccccc2)nc1.Cl.ClCCl.OCc1nnc(Cc2cnc(C3=CCNCC3)c(Cl)c2)o1. The van der Waals surface area contributed by atoms with Gasteiger partial charge >= 0.3 is 12.1 Å². The lowest BCUT2D eigenvalue weighted by molar-refractivity contribution is 0.214. The summed E-state index contributed by atoms with van der Waals surface area (Å²) >= 11 is 22.3. The maximum atomic E-state index is 12.5. The van der Waals surface area contributed by atoms with E-state index in [9.17, 15) is 9.59 Å². The summed E-state index contributed by atoms with van der Waals surface area (Å²) in [5.74, 6) is 2.69. The minimum atomic E-state index is -0.549. The Bertz CT molecular complexity index is 2910. The number of urea groups is 1. The first-order chi connectivity index (χ1) is 34.9. The molecule has 6 aromatic heterocycles. The van der Waals surface area contributed by atoms with Crippen LogP contribution in [0.4, 0.5) is 21.2 Å². The number of aryl methyl sites for hydroxylation is 2. The number of ether oxygens (including phenoxy) is 1. The Hall–Kier alpha value is -6.55. The molecule has 0 aliphatic carbocycles. The van der Waals surface area contributed by atoms with Crippen molar-refractivity contribution in [2.75, 3.05) is 42.2 Å². The summed E-state index contributed by atoms with van der Waals surface area (Å²) in [6.45, 7) is 6.12. The molecule has 8 heterocycles. The lowest BCUT2D eigenvalue weighted by Gasteiger charge is -2.26. The number of halogens is 5. The second-order valence-electron chi connectivity index (χ2n) is 15.6. The first kappa shape index (κ1) is 57.4. The van der Waals surface area contributed by atoms with Crippen molar-refractivity contribution in [3.63, 3.8) is 0 Å². The number of pyridine rings is 4. The Labute approximate surface area is 446 Å². The van der Waals surface area contributed by atoms with E-state index >= 15 is 0 Å². The highest BCUT2D eigenvalue weighted by atomic mass is 35.5. The van der Waals surface area contributed by atoms with Gasteiger partial charge in [0.2, 0.25) is 23.6 Å². The Balaban J connectivity index is 0.000000206. The van der Waals surface area contributed by atoms with Gasteiger partial charge in [0, 0.05) is 44.4 Å². The lowest BCUT2D eigenvalue weighted by atomic mass is 10.0. The molecule has 0 saturated heterocycles. The number of alkyl halides is 2. The second kappa shape index (κ2) is 29.8. The highest BCUT2D eigenvalue weighted by Crippen LogP contribution is 2.29. The molecule has 0 unspecified atom stereocenters. The topological polar surface area (TPSA) is 253 Å². The molecule has 0 atom stereocenters. The molecule has 7 aromatic rings. The first-order valence-corrected chi connectivity index (χ1v) is 24.1. The molecule has 2 aliphatic heterocycles. The van der Waals surface area contributed by atoms with Crippen molar-refractivity contribution in [3.8, 4) is 5.75 Å². The lowest BCUT2D eigenvalue weighted by Crippen LogP contribution is -2.38. The van der Waals surface area contributed by atoms with Crippen LogP contribution in [0.3, 0.4) is 0 Å². The number of benzene rings is 1. The van der Waals surface area contributed by atoms with Gasteiger partial charge in [-0.25, -0.2) is 19.6 Å². The zero-order chi connectivity index (χ0) is 51.2. The van der Waals surface area contributed by atoms with Crippen molar-refractivity contribution in [1.29, 1.82) is 0 Å². The van der Waals surface area contributed by atoms with Gasteiger partial charge in [-0.05, 0) is 103 Å². The fourth-order valence-corrected chi connectivity index (χ4v) is 7.34. The van der Waals surface area contributed by atoms with Crippen LogP contribution >= 0.6 is 58.8 Å². The van der Waals surface area contributed by atoms with Gasteiger partial charge in [0.15, 0.2) is 0 Å². The van der Waals surface area contributed by atoms with E-state index in [4.69, 9.17) is 70.2 Å². The number of aliphatic hydroxyl groups is 2. The summed E-state index contributed by atoms with van der Waals surface area (Å²) in [7, 11) is 0. The molecule has 0 bridgehead atoms. The summed E-state index contributed by atoms with van der Waals surface area (Å²) < 4.78 is 15.6. The van der Waals surface area contributed by atoms with Crippen LogP contribution in [0.5, 0.6) is 5.75 Å². The predicted octanol–water partition coefficient (Wildman–Crippen LogP) is 9.65. The normalized spacial score (nSPS) is 12.7. The van der Waals surface area contributed by atoms with Gasteiger partial charge in [-0.2, -0.15) is 0 Å². The number of amides is 3. The van der Waals surface area contributed by atoms with Gasteiger partial charge in [0.1, 0.15) is 30.6 Å². The zero-order valence-corrected chi connectivity index (χ0v) is 43.3. The number of hydrogen-bond donors (Lipinski definition) is 5. The average Bonchev–Trinajstić information content (AvgIpc) is 4.06. The second-order valence-corrected chi connectivity index (χ2v) is 17.2. The van der Waals surface area contributed by atoms with Crippen LogP contribution < -0.4 is 20.7 Å². The molecule has 0 spiro atoms. The van der Waals surface area contributed by atoms with Gasteiger partial charge < -0.3 is 34.0 Å². The van der Waals surface area contributed by atoms with E-state index in [1.165, 1.54) is 5.57 Å². The summed E-state index contributed by atoms with van der Waals surface area (Å²) in [6.07, 6.45) is 12.8. The van der Waals surface area contributed by atoms with Gasteiger partial charge in [-0.3, -0.25) is 20.6 Å². The van der Waals surface area contributed by atoms with Crippen LogP contribution in [0.2, 0.25) is 10.0 Å². The van der Waals surface area contributed by atoms with E-state index in [1.807, 2.05) is 50.3 Å². The first-order valence-electron chi connectivity index (χ1n) is 22.2. The van der Waals surface area contributed by atoms with Crippen LogP contribution in [0.1, 0.15) is 70.0 Å². The molecule has 2 aliphatic rings. The fourth-order valence-electron chi connectivity index (χ4n) is 6.72. The van der Waals surface area contributed by atoms with E-state index in [2.05, 4.69) is 62.4 Å². The number of rotatable bonds is 11. The standard InChI is InChI=1S/C21H21ClN6O3.C14H15ClN4O2.C13H12N2O2.CH2Cl2.ClH/c1-13-2-3-17(23-10-13)25-21(30)28-6-4-15(5-7-28)20-16(22)8-14(11-24-20)9-18-26-27-19(12-29)31-18;15-11-5-9(6-12-18-19-13(8-20)21-12)7-17-14(11)10-1-3-16-4-2-10;1-10-7-8-12(14-9-10)15-13(16)17-11-5-3-2-4-6-11;2-1-3;/h2-4,8,10-11,29H,5-7,9,12H2,1H3,(H,23,25,30);1,5,7,16,20H,2-4,6,8H2;2-9H,1H3,(H,14,15,16);1H2;1H. The average molecular weight is 1100 g/mol. The number of para-hydroxylation sites is 1. The van der Waals surface area contributed by atoms with Crippen LogP contribution in [0.25, 0.3) is 11.1 Å². The van der Waals surface area contributed by atoms with Gasteiger partial charge in [0.25, 0.3) is 0 Å². The summed E-state index contributed by atoms with van der Waals surface area (Å²) in [5, 5.41) is 43.0. The van der Waals surface area contributed by atoms with Crippen molar-refractivity contribution >= 4 is 93.7 Å². The molecule has 1 aromatic carbocycles. The van der Waals surface area contributed by atoms with Crippen molar-refractivity contribution < 1.29 is 33.4 Å². The highest BCUT2D eigenvalue weighted by molar-refractivity contribution is 6.40. The van der Waals surface area contributed by atoms with Gasteiger partial charge in [0.05, 0.1) is 39.6 Å². The molecular weight excluding hydrogens is 1050 g/mol. The molecule has 0 saturated carbocycles. The molecule has 19 nitrogen and oxygen atoms in total. The Kier molecular flexibility index (Phi) is 23.4. The predicted molar refractivity (Wildman–Crippen MR) is 281 cm³/mol. The third-order valence-corrected chi connectivity index (χ3v) is 10.8.